The number of hydrogen-bond donors (Lipinski definition) is 1. The van der Waals surface area contributed by atoms with E-state index in [1.54, 1.807) is 4.31 Å². The van der Waals surface area contributed by atoms with Crippen LogP contribution in [0.25, 0.3) is 0 Å². The van der Waals surface area contributed by atoms with Crippen LogP contribution in [0, 0.1) is 11.8 Å². The van der Waals surface area contributed by atoms with Crippen molar-refractivity contribution >= 4 is 22.4 Å². The van der Waals surface area contributed by atoms with Crippen molar-refractivity contribution in [2.75, 3.05) is 25.4 Å². The maximum Gasteiger partial charge on any atom is 0.214 e. The van der Waals surface area contributed by atoms with E-state index in [0.717, 1.165) is 19.3 Å². The van der Waals surface area contributed by atoms with Crippen LogP contribution in [0.2, 0.25) is 0 Å². The van der Waals surface area contributed by atoms with Crippen LogP contribution in [0.5, 0.6) is 0 Å². The summed E-state index contributed by atoms with van der Waals surface area (Å²) in [5.41, 5.74) is 5.57. The van der Waals surface area contributed by atoms with Gasteiger partial charge in [0.25, 0.3) is 0 Å². The predicted octanol–water partition coefficient (Wildman–Crippen LogP) is 1.45. The van der Waals surface area contributed by atoms with E-state index in [9.17, 15) is 8.42 Å². The van der Waals surface area contributed by atoms with Crippen LogP contribution in [-0.2, 0) is 10.0 Å². The molecule has 1 saturated heterocycles. The van der Waals surface area contributed by atoms with Gasteiger partial charge in [-0.1, -0.05) is 26.7 Å². The van der Waals surface area contributed by atoms with Gasteiger partial charge >= 0.3 is 0 Å². The first-order valence-electron chi connectivity index (χ1n) is 6.21. The summed E-state index contributed by atoms with van der Waals surface area (Å²) in [6.45, 7) is 5.98. The minimum Gasteiger partial charge on any atom is -0.330 e. The normalized spacial score (nSPS) is 21.8. The molecule has 17 heavy (non-hydrogen) atoms. The van der Waals surface area contributed by atoms with Gasteiger partial charge < -0.3 is 5.73 Å². The molecule has 1 fully saturated rings. The molecule has 2 N–H and O–H groups in total. The molecule has 0 saturated carbocycles. The van der Waals surface area contributed by atoms with E-state index < -0.39 is 10.0 Å². The SMILES string of the molecule is CCC(CC)CS(=O)(=O)N1CCC(CN)C1.Cl. The van der Waals surface area contributed by atoms with Crippen LogP contribution in [0.1, 0.15) is 33.1 Å². The first-order valence-corrected chi connectivity index (χ1v) is 7.82. The molecule has 1 atom stereocenters. The van der Waals surface area contributed by atoms with Gasteiger partial charge in [0.1, 0.15) is 0 Å². The molecule has 0 spiro atoms. The summed E-state index contributed by atoms with van der Waals surface area (Å²) in [7, 11) is -3.05. The van der Waals surface area contributed by atoms with Gasteiger partial charge in [-0.15, -0.1) is 12.4 Å². The lowest BCUT2D eigenvalue weighted by Crippen LogP contribution is -2.34. The maximum atomic E-state index is 12.1. The Bertz CT molecular complexity index is 305. The van der Waals surface area contributed by atoms with Crippen LogP contribution in [-0.4, -0.2) is 38.1 Å². The van der Waals surface area contributed by atoms with Crippen molar-refractivity contribution in [3.8, 4) is 0 Å². The number of rotatable bonds is 6. The fraction of sp³-hybridized carbons (Fsp3) is 1.00. The summed E-state index contributed by atoms with van der Waals surface area (Å²) in [4.78, 5) is 0. The summed E-state index contributed by atoms with van der Waals surface area (Å²) in [6.07, 6.45) is 2.78. The Balaban J connectivity index is 0.00000256. The highest BCUT2D eigenvalue weighted by Gasteiger charge is 2.31. The smallest absolute Gasteiger partial charge is 0.214 e. The number of sulfonamides is 1. The lowest BCUT2D eigenvalue weighted by molar-refractivity contribution is 0.441. The quantitative estimate of drug-likeness (QED) is 0.803. The molecular weight excluding hydrogens is 260 g/mol. The molecule has 0 aromatic rings. The zero-order chi connectivity index (χ0) is 12.2. The molecular formula is C11H25ClN2O2S. The van der Waals surface area contributed by atoms with E-state index in [2.05, 4.69) is 13.8 Å². The van der Waals surface area contributed by atoms with Gasteiger partial charge in [0.05, 0.1) is 5.75 Å². The van der Waals surface area contributed by atoms with Crippen molar-refractivity contribution in [1.82, 2.24) is 4.31 Å². The Morgan fingerprint density at radius 3 is 2.35 bits per heavy atom. The van der Waals surface area contributed by atoms with E-state index in [1.807, 2.05) is 0 Å². The second-order valence-electron chi connectivity index (χ2n) is 4.71. The fourth-order valence-electron chi connectivity index (χ4n) is 2.17. The molecule has 0 amide bonds. The molecule has 4 nitrogen and oxygen atoms in total. The third kappa shape index (κ3) is 4.73. The highest BCUT2D eigenvalue weighted by atomic mass is 35.5. The second-order valence-corrected chi connectivity index (χ2v) is 6.72. The third-order valence-corrected chi connectivity index (χ3v) is 5.59. The fourth-order valence-corrected chi connectivity index (χ4v) is 4.27. The largest absolute Gasteiger partial charge is 0.330 e. The summed E-state index contributed by atoms with van der Waals surface area (Å²) in [6, 6.07) is 0. The van der Waals surface area contributed by atoms with Crippen LogP contribution in [0.4, 0.5) is 0 Å². The van der Waals surface area contributed by atoms with E-state index >= 15 is 0 Å². The van der Waals surface area contributed by atoms with E-state index in [-0.39, 0.29) is 12.4 Å². The summed E-state index contributed by atoms with van der Waals surface area (Å²) in [5, 5.41) is 0. The molecule has 0 radical (unpaired) electrons. The van der Waals surface area contributed by atoms with Crippen molar-refractivity contribution < 1.29 is 8.42 Å². The van der Waals surface area contributed by atoms with E-state index in [0.29, 0.717) is 37.2 Å². The molecule has 0 bridgehead atoms. The van der Waals surface area contributed by atoms with Gasteiger partial charge in [0.15, 0.2) is 0 Å². The van der Waals surface area contributed by atoms with Crippen molar-refractivity contribution in [1.29, 1.82) is 0 Å². The van der Waals surface area contributed by atoms with Crippen molar-refractivity contribution in [2.45, 2.75) is 33.1 Å². The Kier molecular flexibility index (Phi) is 7.63. The standard InChI is InChI=1S/C11H24N2O2S.ClH/c1-3-10(4-2)9-16(14,15)13-6-5-11(7-12)8-13;/h10-11H,3-9,12H2,1-2H3;1H. The minimum absolute atomic E-state index is 0. The lowest BCUT2D eigenvalue weighted by atomic mass is 10.1. The van der Waals surface area contributed by atoms with Crippen molar-refractivity contribution in [3.05, 3.63) is 0 Å². The minimum atomic E-state index is -3.05. The zero-order valence-corrected chi connectivity index (χ0v) is 12.4. The number of nitrogens with two attached hydrogens (primary N) is 1. The number of halogens is 1. The molecule has 1 aliphatic heterocycles. The van der Waals surface area contributed by atoms with Gasteiger partial charge in [0, 0.05) is 13.1 Å². The second kappa shape index (κ2) is 7.56. The Morgan fingerprint density at radius 1 is 1.35 bits per heavy atom. The van der Waals surface area contributed by atoms with Gasteiger partial charge in [-0.25, -0.2) is 12.7 Å². The van der Waals surface area contributed by atoms with E-state index in [1.165, 1.54) is 0 Å². The van der Waals surface area contributed by atoms with Crippen LogP contribution in [0.3, 0.4) is 0 Å². The van der Waals surface area contributed by atoms with Gasteiger partial charge in [0.2, 0.25) is 10.0 Å². The number of nitrogens with zero attached hydrogens (tertiary/aromatic N) is 1. The molecule has 1 aliphatic rings. The first kappa shape index (κ1) is 17.2. The van der Waals surface area contributed by atoms with E-state index in [4.69, 9.17) is 5.73 Å². The Morgan fingerprint density at radius 2 is 1.94 bits per heavy atom. The third-order valence-electron chi connectivity index (χ3n) is 3.58. The van der Waals surface area contributed by atoms with Crippen LogP contribution in [0.15, 0.2) is 0 Å². The highest BCUT2D eigenvalue weighted by molar-refractivity contribution is 7.89. The van der Waals surface area contributed by atoms with Crippen LogP contribution >= 0.6 is 12.4 Å². The molecule has 6 heteroatoms. The molecule has 0 aromatic carbocycles. The molecule has 1 heterocycles. The maximum absolute atomic E-state index is 12.1. The van der Waals surface area contributed by atoms with Gasteiger partial charge in [-0.3, -0.25) is 0 Å². The summed E-state index contributed by atoms with van der Waals surface area (Å²) < 4.78 is 25.8. The zero-order valence-electron chi connectivity index (χ0n) is 10.8. The molecule has 0 aromatic heterocycles. The molecule has 104 valence electrons. The van der Waals surface area contributed by atoms with Crippen LogP contribution < -0.4 is 5.73 Å². The average molecular weight is 285 g/mol. The molecule has 1 unspecified atom stereocenters. The van der Waals surface area contributed by atoms with Crippen molar-refractivity contribution in [3.63, 3.8) is 0 Å². The highest BCUT2D eigenvalue weighted by Crippen LogP contribution is 2.21. The van der Waals surface area contributed by atoms with Gasteiger partial charge in [-0.05, 0) is 24.8 Å². The topological polar surface area (TPSA) is 63.4 Å². The van der Waals surface area contributed by atoms with Gasteiger partial charge in [-0.2, -0.15) is 0 Å². The Labute approximate surface area is 111 Å². The monoisotopic (exact) mass is 284 g/mol. The Hall–Kier alpha value is 0.160. The molecule has 0 aliphatic carbocycles. The predicted molar refractivity (Wildman–Crippen MR) is 73.8 cm³/mol. The summed E-state index contributed by atoms with van der Waals surface area (Å²) in [5.74, 6) is 0.954. The lowest BCUT2D eigenvalue weighted by Gasteiger charge is -2.20. The average Bonchev–Trinajstić information content (AvgIpc) is 2.75. The number of hydrogen-bond acceptors (Lipinski definition) is 3. The molecule has 1 rings (SSSR count). The first-order chi connectivity index (χ1) is 7.53. The van der Waals surface area contributed by atoms with Crippen molar-refractivity contribution in [2.24, 2.45) is 17.6 Å². The summed E-state index contributed by atoms with van der Waals surface area (Å²) >= 11 is 0.